The third-order valence-electron chi connectivity index (χ3n) is 1.96. The maximum absolute atomic E-state index is 11.1. The Morgan fingerprint density at radius 3 is 3.00 bits per heavy atom. The molecule has 0 atom stereocenters. The molecule has 1 aromatic rings. The number of hydrogen-bond acceptors (Lipinski definition) is 3. The van der Waals surface area contributed by atoms with E-state index in [1.807, 2.05) is 37.4 Å². The van der Waals surface area contributed by atoms with Crippen molar-refractivity contribution in [3.63, 3.8) is 0 Å². The van der Waals surface area contributed by atoms with Gasteiger partial charge in [-0.15, -0.1) is 0 Å². The minimum Gasteiger partial charge on any atom is -0.492 e. The van der Waals surface area contributed by atoms with Crippen LogP contribution < -0.4 is 10.1 Å². The van der Waals surface area contributed by atoms with Crippen molar-refractivity contribution >= 4 is 17.7 Å². The number of carbonyl (C=O) groups excluding carboxylic acids is 1. The van der Waals surface area contributed by atoms with E-state index >= 15 is 0 Å². The van der Waals surface area contributed by atoms with E-state index in [0.717, 1.165) is 5.75 Å². The first-order chi connectivity index (χ1) is 7.72. The van der Waals surface area contributed by atoms with Gasteiger partial charge in [0.05, 0.1) is 12.3 Å². The van der Waals surface area contributed by atoms with Crippen LogP contribution in [0.25, 0.3) is 0 Å². The number of nitrogens with one attached hydrogen (secondary N) is 1. The van der Waals surface area contributed by atoms with Gasteiger partial charge >= 0.3 is 0 Å². The molecule has 0 saturated carbocycles. The van der Waals surface area contributed by atoms with Crippen molar-refractivity contribution in [2.75, 3.05) is 25.2 Å². The number of rotatable bonds is 6. The van der Waals surface area contributed by atoms with Crippen LogP contribution in [0.1, 0.15) is 5.56 Å². The lowest BCUT2D eigenvalue weighted by molar-refractivity contribution is -0.118. The number of hydrogen-bond donors (Lipinski definition) is 1. The first kappa shape index (κ1) is 12.9. The zero-order valence-electron chi connectivity index (χ0n) is 9.66. The molecular weight excluding hydrogens is 222 g/mol. The van der Waals surface area contributed by atoms with E-state index in [0.29, 0.717) is 18.9 Å². The number of ether oxygens (including phenoxy) is 1. The molecule has 1 N–H and O–H groups in total. The summed E-state index contributed by atoms with van der Waals surface area (Å²) >= 11 is 1.51. The quantitative estimate of drug-likeness (QED) is 0.770. The molecule has 0 aliphatic rings. The third kappa shape index (κ3) is 5.07. The molecule has 0 aromatic heterocycles. The van der Waals surface area contributed by atoms with E-state index in [4.69, 9.17) is 4.74 Å². The van der Waals surface area contributed by atoms with Gasteiger partial charge in [-0.05, 0) is 30.9 Å². The summed E-state index contributed by atoms with van der Waals surface area (Å²) in [6, 6.07) is 7.87. The summed E-state index contributed by atoms with van der Waals surface area (Å²) in [5.41, 5.74) is 1.17. The van der Waals surface area contributed by atoms with Crippen LogP contribution >= 0.6 is 11.8 Å². The fourth-order valence-electron chi connectivity index (χ4n) is 1.25. The molecule has 0 spiro atoms. The summed E-state index contributed by atoms with van der Waals surface area (Å²) in [5, 5.41) is 2.78. The van der Waals surface area contributed by atoms with E-state index < -0.39 is 0 Å². The predicted octanol–water partition coefficient (Wildman–Crippen LogP) is 1.85. The first-order valence-corrected chi connectivity index (χ1v) is 6.57. The average Bonchev–Trinajstić information content (AvgIpc) is 2.25. The van der Waals surface area contributed by atoms with Crippen molar-refractivity contribution in [1.29, 1.82) is 0 Å². The van der Waals surface area contributed by atoms with Crippen LogP contribution in [-0.2, 0) is 4.79 Å². The summed E-state index contributed by atoms with van der Waals surface area (Å²) in [6.45, 7) is 3.07. The molecule has 88 valence electrons. The molecule has 0 aliphatic heterocycles. The molecule has 0 unspecified atom stereocenters. The van der Waals surface area contributed by atoms with E-state index in [1.165, 1.54) is 17.3 Å². The predicted molar refractivity (Wildman–Crippen MR) is 68.1 cm³/mol. The number of thioether (sulfide) groups is 1. The highest BCUT2D eigenvalue weighted by molar-refractivity contribution is 7.99. The highest BCUT2D eigenvalue weighted by Gasteiger charge is 1.98. The van der Waals surface area contributed by atoms with Gasteiger partial charge in [0.15, 0.2) is 0 Å². The van der Waals surface area contributed by atoms with Gasteiger partial charge in [0.25, 0.3) is 0 Å². The van der Waals surface area contributed by atoms with Crippen molar-refractivity contribution in [3.8, 4) is 5.75 Å². The van der Waals surface area contributed by atoms with Gasteiger partial charge in [-0.3, -0.25) is 4.79 Å². The van der Waals surface area contributed by atoms with Gasteiger partial charge < -0.3 is 10.1 Å². The van der Waals surface area contributed by atoms with Gasteiger partial charge in [0.1, 0.15) is 12.4 Å². The molecule has 0 saturated heterocycles. The summed E-state index contributed by atoms with van der Waals surface area (Å²) < 4.78 is 5.49. The number of aryl methyl sites for hydroxylation is 1. The van der Waals surface area contributed by atoms with Gasteiger partial charge in [-0.1, -0.05) is 12.1 Å². The lowest BCUT2D eigenvalue weighted by Gasteiger charge is -2.07. The molecule has 0 bridgehead atoms. The second-order valence-electron chi connectivity index (χ2n) is 3.45. The number of benzene rings is 1. The van der Waals surface area contributed by atoms with E-state index in [9.17, 15) is 4.79 Å². The Morgan fingerprint density at radius 2 is 2.31 bits per heavy atom. The van der Waals surface area contributed by atoms with E-state index in [1.54, 1.807) is 0 Å². The fourth-order valence-corrected chi connectivity index (χ4v) is 1.61. The maximum atomic E-state index is 11.1. The van der Waals surface area contributed by atoms with Gasteiger partial charge in [-0.2, -0.15) is 11.8 Å². The zero-order valence-corrected chi connectivity index (χ0v) is 10.5. The standard InChI is InChI=1S/C12H17NO2S/c1-10-4-3-5-11(8-10)15-7-6-13-12(14)9-16-2/h3-5,8H,6-7,9H2,1-2H3,(H,13,14). The molecule has 0 heterocycles. The van der Waals surface area contributed by atoms with Crippen LogP contribution in [0.2, 0.25) is 0 Å². The fraction of sp³-hybridized carbons (Fsp3) is 0.417. The number of amides is 1. The Kier molecular flexibility index (Phi) is 5.78. The maximum Gasteiger partial charge on any atom is 0.230 e. The Labute approximate surface area is 101 Å². The summed E-state index contributed by atoms with van der Waals surface area (Å²) in [4.78, 5) is 11.1. The molecule has 1 rings (SSSR count). The molecule has 1 aromatic carbocycles. The third-order valence-corrected chi connectivity index (χ3v) is 2.51. The molecule has 0 fully saturated rings. The molecule has 0 aliphatic carbocycles. The van der Waals surface area contributed by atoms with Crippen molar-refractivity contribution < 1.29 is 9.53 Å². The van der Waals surface area contributed by atoms with Crippen LogP contribution in [-0.4, -0.2) is 31.1 Å². The van der Waals surface area contributed by atoms with E-state index in [2.05, 4.69) is 5.32 Å². The Bertz CT molecular complexity index is 342. The highest BCUT2D eigenvalue weighted by atomic mass is 32.2. The second kappa shape index (κ2) is 7.17. The summed E-state index contributed by atoms with van der Waals surface area (Å²) in [6.07, 6.45) is 1.91. The van der Waals surface area contributed by atoms with Crippen LogP contribution in [0.5, 0.6) is 5.75 Å². The molecule has 16 heavy (non-hydrogen) atoms. The van der Waals surface area contributed by atoms with E-state index in [-0.39, 0.29) is 5.91 Å². The Morgan fingerprint density at radius 1 is 1.50 bits per heavy atom. The van der Waals surface area contributed by atoms with Gasteiger partial charge in [0, 0.05) is 0 Å². The molecule has 0 radical (unpaired) electrons. The SMILES string of the molecule is CSCC(=O)NCCOc1cccc(C)c1. The smallest absolute Gasteiger partial charge is 0.230 e. The summed E-state index contributed by atoms with van der Waals surface area (Å²) in [7, 11) is 0. The molecule has 3 nitrogen and oxygen atoms in total. The molecule has 4 heteroatoms. The first-order valence-electron chi connectivity index (χ1n) is 5.17. The normalized spacial score (nSPS) is 9.88. The van der Waals surface area contributed by atoms with Gasteiger partial charge in [-0.25, -0.2) is 0 Å². The topological polar surface area (TPSA) is 38.3 Å². The van der Waals surface area contributed by atoms with Crippen molar-refractivity contribution in [1.82, 2.24) is 5.32 Å². The van der Waals surface area contributed by atoms with Crippen molar-refractivity contribution in [2.45, 2.75) is 6.92 Å². The second-order valence-corrected chi connectivity index (χ2v) is 4.31. The molecule has 1 amide bonds. The Hall–Kier alpha value is -1.16. The monoisotopic (exact) mass is 239 g/mol. The van der Waals surface area contributed by atoms with Crippen molar-refractivity contribution in [3.05, 3.63) is 29.8 Å². The molecular formula is C12H17NO2S. The largest absolute Gasteiger partial charge is 0.492 e. The Balaban J connectivity index is 2.18. The minimum absolute atomic E-state index is 0.0559. The lowest BCUT2D eigenvalue weighted by atomic mass is 10.2. The zero-order chi connectivity index (χ0) is 11.8. The number of carbonyl (C=O) groups is 1. The van der Waals surface area contributed by atoms with Crippen LogP contribution in [0.15, 0.2) is 24.3 Å². The van der Waals surface area contributed by atoms with Gasteiger partial charge in [0.2, 0.25) is 5.91 Å². The lowest BCUT2D eigenvalue weighted by Crippen LogP contribution is -2.29. The highest BCUT2D eigenvalue weighted by Crippen LogP contribution is 2.11. The van der Waals surface area contributed by atoms with Crippen LogP contribution in [0, 0.1) is 6.92 Å². The van der Waals surface area contributed by atoms with Crippen LogP contribution in [0.4, 0.5) is 0 Å². The minimum atomic E-state index is 0.0559. The van der Waals surface area contributed by atoms with Crippen molar-refractivity contribution in [2.24, 2.45) is 0 Å². The average molecular weight is 239 g/mol. The van der Waals surface area contributed by atoms with Crippen LogP contribution in [0.3, 0.4) is 0 Å². The summed E-state index contributed by atoms with van der Waals surface area (Å²) in [5.74, 6) is 1.41.